The predicted molar refractivity (Wildman–Crippen MR) is 111 cm³/mol. The molecule has 6 nitrogen and oxygen atoms in total. The number of hydrogen-bond donors (Lipinski definition) is 1. The third kappa shape index (κ3) is 4.97. The Hall–Kier alpha value is -2.25. The topological polar surface area (TPSA) is 75.7 Å². The molecule has 0 aromatic heterocycles. The number of ether oxygens (including phenoxy) is 1. The van der Waals surface area contributed by atoms with Crippen molar-refractivity contribution in [1.82, 2.24) is 5.32 Å². The molecule has 0 bridgehead atoms. The van der Waals surface area contributed by atoms with Gasteiger partial charge in [0.2, 0.25) is 10.0 Å². The fourth-order valence-electron chi connectivity index (χ4n) is 3.16. The van der Waals surface area contributed by atoms with Gasteiger partial charge in [-0.3, -0.25) is 9.10 Å². The number of rotatable bonds is 6. The Bertz CT molecular complexity index is 978. The third-order valence-electron chi connectivity index (χ3n) is 4.51. The zero-order chi connectivity index (χ0) is 20.3. The average molecular weight is 423 g/mol. The van der Waals surface area contributed by atoms with Crippen LogP contribution in [-0.4, -0.2) is 39.8 Å². The summed E-state index contributed by atoms with van der Waals surface area (Å²) in [7, 11) is -3.57. The molecule has 1 amide bonds. The number of halogens is 1. The summed E-state index contributed by atoms with van der Waals surface area (Å²) in [4.78, 5) is 12.5. The van der Waals surface area contributed by atoms with Gasteiger partial charge in [-0.2, -0.15) is 0 Å². The van der Waals surface area contributed by atoms with Gasteiger partial charge >= 0.3 is 0 Å². The number of sulfonamides is 1. The van der Waals surface area contributed by atoms with Gasteiger partial charge in [0.15, 0.2) is 6.10 Å². The molecule has 0 saturated heterocycles. The molecule has 0 aliphatic carbocycles. The third-order valence-corrected chi connectivity index (χ3v) is 5.89. The standard InChI is InChI=1S/C20H23ClN2O4S/c1-14-5-3-6-15(11-14)7-4-10-22-20(24)19-13-23(28(2,25)26)17-12-16(21)8-9-18(17)27-19/h3,5-6,8-9,11-12,19H,4,7,10,13H2,1-2H3,(H,22,24)/t19-/m1/s1. The number of benzene rings is 2. The van der Waals surface area contributed by atoms with Crippen molar-refractivity contribution in [2.45, 2.75) is 25.9 Å². The molecule has 0 saturated carbocycles. The van der Waals surface area contributed by atoms with E-state index in [0.717, 1.165) is 23.4 Å². The molecule has 0 radical (unpaired) electrons. The number of aryl methyl sites for hydroxylation is 2. The van der Waals surface area contributed by atoms with Crippen molar-refractivity contribution in [3.05, 3.63) is 58.6 Å². The second-order valence-electron chi connectivity index (χ2n) is 6.90. The molecule has 1 heterocycles. The van der Waals surface area contributed by atoms with Gasteiger partial charge in [-0.1, -0.05) is 41.4 Å². The number of carbonyl (C=O) groups excluding carboxylic acids is 1. The number of amides is 1. The van der Waals surface area contributed by atoms with Crippen molar-refractivity contribution in [1.29, 1.82) is 0 Å². The molecule has 0 fully saturated rings. The van der Waals surface area contributed by atoms with Gasteiger partial charge in [-0.15, -0.1) is 0 Å². The second kappa shape index (κ2) is 8.41. The smallest absolute Gasteiger partial charge is 0.263 e. The Balaban J connectivity index is 1.62. The summed E-state index contributed by atoms with van der Waals surface area (Å²) >= 11 is 5.98. The van der Waals surface area contributed by atoms with Gasteiger partial charge < -0.3 is 10.1 Å². The van der Waals surface area contributed by atoms with E-state index in [1.165, 1.54) is 17.2 Å². The Morgan fingerprint density at radius 2 is 2.07 bits per heavy atom. The molecule has 1 aliphatic rings. The van der Waals surface area contributed by atoms with Gasteiger partial charge in [0.1, 0.15) is 5.75 Å². The first kappa shape index (κ1) is 20.5. The predicted octanol–water partition coefficient (Wildman–Crippen LogP) is 2.92. The molecule has 8 heteroatoms. The molecule has 1 N–H and O–H groups in total. The van der Waals surface area contributed by atoms with E-state index in [0.29, 0.717) is 23.0 Å². The van der Waals surface area contributed by atoms with Gasteiger partial charge in [0, 0.05) is 11.6 Å². The van der Waals surface area contributed by atoms with E-state index >= 15 is 0 Å². The highest BCUT2D eigenvalue weighted by Crippen LogP contribution is 2.37. The highest BCUT2D eigenvalue weighted by molar-refractivity contribution is 7.92. The fourth-order valence-corrected chi connectivity index (χ4v) is 4.23. The molecule has 2 aromatic carbocycles. The lowest BCUT2D eigenvalue weighted by atomic mass is 10.1. The molecular formula is C20H23ClN2O4S. The molecule has 1 atom stereocenters. The van der Waals surface area contributed by atoms with E-state index in [1.54, 1.807) is 12.1 Å². The lowest BCUT2D eigenvalue weighted by molar-refractivity contribution is -0.127. The van der Waals surface area contributed by atoms with Crippen LogP contribution in [0.1, 0.15) is 17.5 Å². The number of fused-ring (bicyclic) bond motifs is 1. The molecule has 2 aromatic rings. The average Bonchev–Trinajstić information content (AvgIpc) is 2.63. The minimum Gasteiger partial charge on any atom is -0.476 e. The van der Waals surface area contributed by atoms with Crippen LogP contribution in [0.25, 0.3) is 0 Å². The number of hydrogen-bond acceptors (Lipinski definition) is 4. The SMILES string of the molecule is Cc1cccc(CCCNC(=O)[C@H]2CN(S(C)(=O)=O)c3cc(Cl)ccc3O2)c1. The van der Waals surface area contributed by atoms with Crippen LogP contribution in [0, 0.1) is 6.92 Å². The highest BCUT2D eigenvalue weighted by atomic mass is 35.5. The molecule has 0 spiro atoms. The summed E-state index contributed by atoms with van der Waals surface area (Å²) < 4.78 is 31.2. The van der Waals surface area contributed by atoms with Crippen LogP contribution >= 0.6 is 11.6 Å². The quantitative estimate of drug-likeness (QED) is 0.726. The Morgan fingerprint density at radius 3 is 2.79 bits per heavy atom. The molecule has 150 valence electrons. The normalized spacial score (nSPS) is 16.2. The van der Waals surface area contributed by atoms with E-state index in [-0.39, 0.29) is 12.5 Å². The van der Waals surface area contributed by atoms with E-state index < -0.39 is 16.1 Å². The zero-order valence-corrected chi connectivity index (χ0v) is 17.4. The zero-order valence-electron chi connectivity index (χ0n) is 15.8. The van der Waals surface area contributed by atoms with E-state index in [4.69, 9.17) is 16.3 Å². The van der Waals surface area contributed by atoms with Crippen LogP contribution in [0.15, 0.2) is 42.5 Å². The molecule has 1 aliphatic heterocycles. The number of nitrogens with one attached hydrogen (secondary N) is 1. The fraction of sp³-hybridized carbons (Fsp3) is 0.350. The van der Waals surface area contributed by atoms with Crippen LogP contribution in [0.4, 0.5) is 5.69 Å². The summed E-state index contributed by atoms with van der Waals surface area (Å²) in [6, 6.07) is 12.9. The van der Waals surface area contributed by atoms with Gasteiger partial charge in [0.05, 0.1) is 18.5 Å². The summed E-state index contributed by atoms with van der Waals surface area (Å²) in [6.07, 6.45) is 1.82. The van der Waals surface area contributed by atoms with Crippen molar-refractivity contribution in [3.8, 4) is 5.75 Å². The van der Waals surface area contributed by atoms with Gasteiger partial charge in [-0.25, -0.2) is 8.42 Å². The Morgan fingerprint density at radius 1 is 1.29 bits per heavy atom. The monoisotopic (exact) mass is 422 g/mol. The first-order chi connectivity index (χ1) is 13.2. The van der Waals surface area contributed by atoms with Gasteiger partial charge in [-0.05, 0) is 43.5 Å². The molecular weight excluding hydrogens is 400 g/mol. The second-order valence-corrected chi connectivity index (χ2v) is 9.24. The van der Waals surface area contributed by atoms with Crippen LogP contribution < -0.4 is 14.4 Å². The first-order valence-electron chi connectivity index (χ1n) is 9.01. The maximum atomic E-state index is 12.5. The van der Waals surface area contributed by atoms with Crippen molar-refractivity contribution >= 4 is 33.2 Å². The lowest BCUT2D eigenvalue weighted by Gasteiger charge is -2.34. The van der Waals surface area contributed by atoms with E-state index in [2.05, 4.69) is 17.4 Å². The number of nitrogens with zero attached hydrogens (tertiary/aromatic N) is 1. The minimum absolute atomic E-state index is 0.0874. The lowest BCUT2D eigenvalue weighted by Crippen LogP contribution is -2.50. The van der Waals surface area contributed by atoms with Gasteiger partial charge in [0.25, 0.3) is 5.91 Å². The van der Waals surface area contributed by atoms with Crippen molar-refractivity contribution < 1.29 is 17.9 Å². The molecule has 0 unspecified atom stereocenters. The summed E-state index contributed by atoms with van der Waals surface area (Å²) in [5.74, 6) is -0.0144. The Labute approximate surface area is 170 Å². The largest absolute Gasteiger partial charge is 0.476 e. The first-order valence-corrected chi connectivity index (χ1v) is 11.2. The number of carbonyl (C=O) groups is 1. The van der Waals surface area contributed by atoms with E-state index in [9.17, 15) is 13.2 Å². The summed E-state index contributed by atoms with van der Waals surface area (Å²) in [5, 5.41) is 3.24. The number of anilines is 1. The Kier molecular flexibility index (Phi) is 6.15. The summed E-state index contributed by atoms with van der Waals surface area (Å²) in [6.45, 7) is 2.44. The maximum Gasteiger partial charge on any atom is 0.263 e. The van der Waals surface area contributed by atoms with E-state index in [1.807, 2.05) is 19.1 Å². The van der Waals surface area contributed by atoms with Crippen molar-refractivity contribution in [3.63, 3.8) is 0 Å². The van der Waals surface area contributed by atoms with Crippen molar-refractivity contribution in [2.75, 3.05) is 23.7 Å². The highest BCUT2D eigenvalue weighted by Gasteiger charge is 2.35. The molecule has 28 heavy (non-hydrogen) atoms. The van der Waals surface area contributed by atoms with Crippen molar-refractivity contribution in [2.24, 2.45) is 0 Å². The molecule has 3 rings (SSSR count). The van der Waals surface area contributed by atoms with Crippen LogP contribution in [0.5, 0.6) is 5.75 Å². The van der Waals surface area contributed by atoms with Crippen LogP contribution in [0.2, 0.25) is 5.02 Å². The van der Waals surface area contributed by atoms with Crippen LogP contribution in [0.3, 0.4) is 0 Å². The summed E-state index contributed by atoms with van der Waals surface area (Å²) in [5.41, 5.74) is 2.77. The maximum absolute atomic E-state index is 12.5. The van der Waals surface area contributed by atoms with Crippen LogP contribution in [-0.2, 0) is 21.2 Å². The minimum atomic E-state index is -3.57.